The molecule has 0 aromatic heterocycles. The van der Waals surface area contributed by atoms with Crippen LogP contribution >= 0.6 is 0 Å². The summed E-state index contributed by atoms with van der Waals surface area (Å²) in [5.74, 6) is -1.64. The number of unbranched alkanes of at least 4 members (excludes halogenated alkanes) is 2. The lowest BCUT2D eigenvalue weighted by atomic mass is 9.97. The molecule has 208 valence electrons. The van der Waals surface area contributed by atoms with E-state index in [2.05, 4.69) is 67.7 Å². The van der Waals surface area contributed by atoms with Crippen molar-refractivity contribution >= 4 is 11.9 Å². The number of ether oxygens (including phenoxy) is 2. The number of carboxylic acids is 1. The Hall–Kier alpha value is -3.18. The second-order valence-electron chi connectivity index (χ2n) is 8.94. The van der Waals surface area contributed by atoms with Gasteiger partial charge in [-0.15, -0.1) is 0 Å². The van der Waals surface area contributed by atoms with Crippen molar-refractivity contribution in [3.8, 4) is 5.75 Å². The van der Waals surface area contributed by atoms with E-state index in [1.807, 2.05) is 13.8 Å². The fourth-order valence-electron chi connectivity index (χ4n) is 3.73. The van der Waals surface area contributed by atoms with E-state index in [4.69, 9.17) is 9.47 Å². The van der Waals surface area contributed by atoms with Gasteiger partial charge >= 0.3 is 11.9 Å². The zero-order valence-electron chi connectivity index (χ0n) is 23.4. The Bertz CT molecular complexity index is 948. The maximum absolute atomic E-state index is 12.9. The minimum atomic E-state index is -1.14. The molecule has 0 amide bonds. The summed E-state index contributed by atoms with van der Waals surface area (Å²) >= 11 is 0. The van der Waals surface area contributed by atoms with E-state index >= 15 is 0 Å². The number of allylic oxidation sites excluding steroid dienone is 10. The lowest BCUT2D eigenvalue weighted by molar-refractivity contribution is -0.164. The summed E-state index contributed by atoms with van der Waals surface area (Å²) in [5.41, 5.74) is -1.12. The third-order valence-corrected chi connectivity index (χ3v) is 6.14. The van der Waals surface area contributed by atoms with Crippen molar-refractivity contribution in [3.05, 3.63) is 90.6 Å². The van der Waals surface area contributed by atoms with Crippen LogP contribution in [-0.2, 0) is 9.53 Å². The number of esters is 1. The molecule has 1 rings (SSSR count). The van der Waals surface area contributed by atoms with Gasteiger partial charge in [0.2, 0.25) is 0 Å². The fourth-order valence-corrected chi connectivity index (χ4v) is 3.73. The highest BCUT2D eigenvalue weighted by Crippen LogP contribution is 2.26. The van der Waals surface area contributed by atoms with Crippen molar-refractivity contribution in [3.63, 3.8) is 0 Å². The van der Waals surface area contributed by atoms with E-state index < -0.39 is 17.5 Å². The van der Waals surface area contributed by atoms with Crippen LogP contribution in [0.3, 0.4) is 0 Å². The molecule has 0 bridgehead atoms. The molecule has 0 unspecified atom stereocenters. The molecule has 38 heavy (non-hydrogen) atoms. The van der Waals surface area contributed by atoms with Crippen molar-refractivity contribution in [2.45, 2.75) is 90.6 Å². The molecule has 1 aromatic rings. The van der Waals surface area contributed by atoms with Crippen molar-refractivity contribution in [2.24, 2.45) is 0 Å². The van der Waals surface area contributed by atoms with Gasteiger partial charge < -0.3 is 14.6 Å². The Morgan fingerprint density at radius 1 is 0.763 bits per heavy atom. The molecule has 0 atom stereocenters. The molecule has 0 saturated carbocycles. The van der Waals surface area contributed by atoms with Crippen LogP contribution in [0.15, 0.2) is 85.0 Å². The van der Waals surface area contributed by atoms with Gasteiger partial charge in [-0.1, -0.05) is 93.7 Å². The predicted octanol–water partition coefficient (Wildman–Crippen LogP) is 8.79. The Balaban J connectivity index is 2.28. The first kappa shape index (κ1) is 32.8. The molecule has 0 heterocycles. The van der Waals surface area contributed by atoms with Gasteiger partial charge in [0, 0.05) is 6.61 Å². The second kappa shape index (κ2) is 20.8. The molecule has 5 nitrogen and oxygen atoms in total. The summed E-state index contributed by atoms with van der Waals surface area (Å²) in [5, 5.41) is 9.34. The molecular formula is C33H46O5. The summed E-state index contributed by atoms with van der Waals surface area (Å²) in [6.45, 7) is 6.35. The maximum Gasteiger partial charge on any atom is 0.343 e. The largest absolute Gasteiger partial charge is 0.478 e. The number of hydrogen-bond acceptors (Lipinski definition) is 4. The molecule has 0 aliphatic carbocycles. The van der Waals surface area contributed by atoms with Crippen LogP contribution < -0.4 is 4.74 Å². The highest BCUT2D eigenvalue weighted by Gasteiger charge is 2.38. The van der Waals surface area contributed by atoms with Crippen LogP contribution in [0.4, 0.5) is 0 Å². The Morgan fingerprint density at radius 2 is 1.29 bits per heavy atom. The molecule has 0 aliphatic rings. The van der Waals surface area contributed by atoms with Gasteiger partial charge in [0.15, 0.2) is 5.60 Å². The Labute approximate surface area is 229 Å². The van der Waals surface area contributed by atoms with Crippen LogP contribution in [0.5, 0.6) is 5.75 Å². The lowest BCUT2D eigenvalue weighted by Gasteiger charge is -2.29. The number of benzene rings is 1. The monoisotopic (exact) mass is 522 g/mol. The van der Waals surface area contributed by atoms with Gasteiger partial charge in [0.1, 0.15) is 11.3 Å². The first-order valence-corrected chi connectivity index (χ1v) is 13.9. The summed E-state index contributed by atoms with van der Waals surface area (Å²) in [6, 6.07) is 6.15. The summed E-state index contributed by atoms with van der Waals surface area (Å²) < 4.78 is 11.5. The first-order chi connectivity index (χ1) is 18.5. The zero-order chi connectivity index (χ0) is 27.9. The molecule has 1 N–H and O–H groups in total. The van der Waals surface area contributed by atoms with Crippen LogP contribution in [0.25, 0.3) is 0 Å². The smallest absolute Gasteiger partial charge is 0.343 e. The molecule has 0 fully saturated rings. The predicted molar refractivity (Wildman–Crippen MR) is 157 cm³/mol. The molecule has 0 radical (unpaired) electrons. The van der Waals surface area contributed by atoms with Crippen LogP contribution in [0.2, 0.25) is 0 Å². The van der Waals surface area contributed by atoms with Gasteiger partial charge in [-0.2, -0.15) is 0 Å². The van der Waals surface area contributed by atoms with E-state index in [1.54, 1.807) is 12.1 Å². The van der Waals surface area contributed by atoms with Crippen LogP contribution in [0, 0.1) is 0 Å². The number of carboxylic acid groups (broad SMARTS) is 1. The number of rotatable bonds is 20. The highest BCUT2D eigenvalue weighted by molar-refractivity contribution is 5.92. The van der Waals surface area contributed by atoms with Crippen molar-refractivity contribution in [2.75, 3.05) is 6.61 Å². The maximum atomic E-state index is 12.9. The lowest BCUT2D eigenvalue weighted by Crippen LogP contribution is -2.44. The van der Waals surface area contributed by atoms with Gasteiger partial charge in [0.25, 0.3) is 0 Å². The first-order valence-electron chi connectivity index (χ1n) is 13.9. The topological polar surface area (TPSA) is 72.8 Å². The molecular weight excluding hydrogens is 476 g/mol. The van der Waals surface area contributed by atoms with E-state index in [9.17, 15) is 14.7 Å². The zero-order valence-corrected chi connectivity index (χ0v) is 23.4. The summed E-state index contributed by atoms with van der Waals surface area (Å²) in [4.78, 5) is 24.3. The standard InChI is InChI=1S/C33H46O5/c1-4-7-8-9-10-11-12-13-14-15-16-17-18-19-20-21-22-25-28-37-33(5-2,6-3)32(36)38-30-27-24-23-26-29(30)31(34)35/h7-8,10-11,13-14,16-17,19-20,23-24,26-27H,4-6,9,12,15,18,21-22,25,28H2,1-3H3,(H,34,35). The van der Waals surface area contributed by atoms with Crippen LogP contribution in [-0.4, -0.2) is 29.3 Å². The third-order valence-electron chi connectivity index (χ3n) is 6.14. The van der Waals surface area contributed by atoms with Crippen molar-refractivity contribution in [1.82, 2.24) is 0 Å². The Kier molecular flexibility index (Phi) is 18.0. The van der Waals surface area contributed by atoms with Crippen molar-refractivity contribution in [1.29, 1.82) is 0 Å². The number of carbonyl (C=O) groups excluding carboxylic acids is 1. The number of para-hydroxylation sites is 1. The minimum Gasteiger partial charge on any atom is -0.478 e. The van der Waals surface area contributed by atoms with E-state index in [-0.39, 0.29) is 11.3 Å². The highest BCUT2D eigenvalue weighted by atomic mass is 16.6. The molecule has 0 aliphatic heterocycles. The Morgan fingerprint density at radius 3 is 1.82 bits per heavy atom. The molecule has 0 spiro atoms. The molecule has 5 heteroatoms. The van der Waals surface area contributed by atoms with E-state index in [1.165, 1.54) is 12.1 Å². The quantitative estimate of drug-likeness (QED) is 0.0802. The van der Waals surface area contributed by atoms with E-state index in [0.29, 0.717) is 19.4 Å². The van der Waals surface area contributed by atoms with Crippen molar-refractivity contribution < 1.29 is 24.2 Å². The second-order valence-corrected chi connectivity index (χ2v) is 8.94. The number of carbonyl (C=O) groups is 2. The van der Waals surface area contributed by atoms with Gasteiger partial charge in [-0.3, -0.25) is 0 Å². The SMILES string of the molecule is CCC=CCC=CCC=CCC=CCC=CCCCCOC(CC)(CC)C(=O)Oc1ccccc1C(=O)O. The fraction of sp³-hybridized carbons (Fsp3) is 0.455. The van der Waals surface area contributed by atoms with Gasteiger partial charge in [-0.05, 0) is 76.3 Å². The molecule has 0 saturated heterocycles. The average Bonchev–Trinajstić information content (AvgIpc) is 2.92. The summed E-state index contributed by atoms with van der Waals surface area (Å²) in [7, 11) is 0. The van der Waals surface area contributed by atoms with Crippen LogP contribution in [0.1, 0.15) is 95.3 Å². The minimum absolute atomic E-state index is 0.0401. The number of hydrogen-bond donors (Lipinski definition) is 1. The molecule has 1 aromatic carbocycles. The van der Waals surface area contributed by atoms with Gasteiger partial charge in [-0.25, -0.2) is 9.59 Å². The van der Waals surface area contributed by atoms with Gasteiger partial charge in [0.05, 0.1) is 0 Å². The van der Waals surface area contributed by atoms with E-state index in [0.717, 1.165) is 51.4 Å². The normalized spacial score (nSPS) is 12.6. The average molecular weight is 523 g/mol. The summed E-state index contributed by atoms with van der Waals surface area (Å²) in [6.07, 6.45) is 30.5. The third kappa shape index (κ3) is 13.4. The number of aromatic carboxylic acids is 1.